The third-order valence-corrected chi connectivity index (χ3v) is 7.47. The summed E-state index contributed by atoms with van der Waals surface area (Å²) in [6.45, 7) is 2.33. The third kappa shape index (κ3) is 6.63. The summed E-state index contributed by atoms with van der Waals surface area (Å²) >= 11 is 0. The van der Waals surface area contributed by atoms with E-state index in [4.69, 9.17) is 17.2 Å². The smallest absolute Gasteiger partial charge is 0.340 e. The Bertz CT molecular complexity index is 1340. The third-order valence-electron chi connectivity index (χ3n) is 7.47. The van der Waals surface area contributed by atoms with Crippen LogP contribution in [0.5, 0.6) is 5.75 Å². The SMILES string of the molecule is CCCCCCCCCCCCc1c(N)cc2c(C(=O)O)c(O)c(-c3ccccc3CN)c(N)c2c1C(=O)O. The van der Waals surface area contributed by atoms with E-state index in [1.807, 2.05) is 0 Å². The van der Waals surface area contributed by atoms with Crippen LogP contribution >= 0.6 is 0 Å². The van der Waals surface area contributed by atoms with Crippen molar-refractivity contribution in [2.45, 2.75) is 84.1 Å². The Hall–Kier alpha value is -3.78. The van der Waals surface area contributed by atoms with Crippen LogP contribution in [0.2, 0.25) is 0 Å². The van der Waals surface area contributed by atoms with Gasteiger partial charge < -0.3 is 32.5 Å². The molecule has 0 saturated carbocycles. The number of unbranched alkanes of at least 4 members (excludes halogenated alkanes) is 9. The highest BCUT2D eigenvalue weighted by atomic mass is 16.4. The van der Waals surface area contributed by atoms with E-state index in [2.05, 4.69) is 6.92 Å². The van der Waals surface area contributed by atoms with E-state index < -0.39 is 23.3 Å². The Morgan fingerprint density at radius 2 is 1.38 bits per heavy atom. The Kier molecular flexibility index (Phi) is 10.6. The van der Waals surface area contributed by atoms with Gasteiger partial charge in [-0.2, -0.15) is 0 Å². The number of rotatable bonds is 15. The largest absolute Gasteiger partial charge is 0.506 e. The molecule has 3 aromatic carbocycles. The Morgan fingerprint density at radius 3 is 1.95 bits per heavy atom. The highest BCUT2D eigenvalue weighted by Crippen LogP contribution is 2.47. The van der Waals surface area contributed by atoms with Gasteiger partial charge in [-0.25, -0.2) is 9.59 Å². The first-order valence-electron chi connectivity index (χ1n) is 13.9. The number of carbonyl (C=O) groups is 2. The van der Waals surface area contributed by atoms with Gasteiger partial charge in [-0.05, 0) is 35.6 Å². The second-order valence-electron chi connectivity index (χ2n) is 10.2. The summed E-state index contributed by atoms with van der Waals surface area (Å²) in [5.41, 5.74) is 19.9. The van der Waals surface area contributed by atoms with E-state index >= 15 is 0 Å². The Morgan fingerprint density at radius 1 is 0.821 bits per heavy atom. The molecule has 3 aromatic rings. The minimum atomic E-state index is -1.41. The molecule has 0 atom stereocenters. The number of aromatic carboxylic acids is 2. The summed E-state index contributed by atoms with van der Waals surface area (Å²) < 4.78 is 0. The van der Waals surface area contributed by atoms with Crippen molar-refractivity contribution in [2.75, 3.05) is 11.5 Å². The molecule has 9 N–H and O–H groups in total. The van der Waals surface area contributed by atoms with Crippen LogP contribution in [0.4, 0.5) is 11.4 Å². The molecule has 0 spiro atoms. The lowest BCUT2D eigenvalue weighted by Crippen LogP contribution is -2.12. The van der Waals surface area contributed by atoms with Crippen molar-refractivity contribution in [3.8, 4) is 16.9 Å². The van der Waals surface area contributed by atoms with Crippen molar-refractivity contribution in [1.82, 2.24) is 0 Å². The number of nitrogen functional groups attached to an aromatic ring is 2. The van der Waals surface area contributed by atoms with Gasteiger partial charge in [0.05, 0.1) is 11.3 Å². The molecule has 0 saturated heterocycles. The minimum absolute atomic E-state index is 0.00629. The zero-order valence-electron chi connectivity index (χ0n) is 22.8. The number of anilines is 2. The van der Waals surface area contributed by atoms with Crippen molar-refractivity contribution in [3.05, 3.63) is 52.6 Å². The van der Waals surface area contributed by atoms with Gasteiger partial charge in [-0.15, -0.1) is 0 Å². The lowest BCUT2D eigenvalue weighted by Gasteiger charge is -2.21. The number of benzene rings is 3. The molecule has 3 rings (SSSR count). The summed E-state index contributed by atoms with van der Waals surface area (Å²) in [5, 5.41) is 31.5. The van der Waals surface area contributed by atoms with Gasteiger partial charge in [-0.3, -0.25) is 0 Å². The van der Waals surface area contributed by atoms with Gasteiger partial charge in [0.25, 0.3) is 0 Å². The maximum atomic E-state index is 12.6. The van der Waals surface area contributed by atoms with Crippen molar-refractivity contribution in [2.24, 2.45) is 5.73 Å². The van der Waals surface area contributed by atoms with Crippen molar-refractivity contribution >= 4 is 34.1 Å². The molecule has 0 amide bonds. The molecule has 39 heavy (non-hydrogen) atoms. The van der Waals surface area contributed by atoms with Gasteiger partial charge in [0.15, 0.2) is 0 Å². The normalized spacial score (nSPS) is 11.2. The Balaban J connectivity index is 2.01. The molecule has 8 nitrogen and oxygen atoms in total. The van der Waals surface area contributed by atoms with E-state index in [0.29, 0.717) is 23.1 Å². The highest BCUT2D eigenvalue weighted by molar-refractivity contribution is 6.21. The van der Waals surface area contributed by atoms with Crippen molar-refractivity contribution < 1.29 is 24.9 Å². The average molecular weight is 536 g/mol. The molecule has 0 aromatic heterocycles. The van der Waals surface area contributed by atoms with Crippen LogP contribution in [0.3, 0.4) is 0 Å². The number of carboxylic acid groups (broad SMARTS) is 2. The number of carboxylic acids is 2. The topological polar surface area (TPSA) is 173 Å². The van der Waals surface area contributed by atoms with E-state index in [1.54, 1.807) is 24.3 Å². The number of fused-ring (bicyclic) bond motifs is 1. The van der Waals surface area contributed by atoms with E-state index in [-0.39, 0.29) is 39.8 Å². The van der Waals surface area contributed by atoms with Crippen LogP contribution < -0.4 is 17.2 Å². The second-order valence-corrected chi connectivity index (χ2v) is 10.2. The second kappa shape index (κ2) is 13.8. The van der Waals surface area contributed by atoms with Gasteiger partial charge in [0.2, 0.25) is 0 Å². The standard InChI is InChI=1S/C31H41N3O5/c1-2-3-4-5-6-7-8-9-10-11-16-21-23(33)17-22-24(25(21)30(36)37)28(34)26(29(35)27(22)31(38)39)20-15-13-12-14-19(20)18-32/h12-15,17,35H,2-11,16,18,32-34H2,1H3,(H,36,37)(H,38,39). The fourth-order valence-electron chi connectivity index (χ4n) is 5.45. The summed E-state index contributed by atoms with van der Waals surface area (Å²) in [4.78, 5) is 24.9. The fraction of sp³-hybridized carbons (Fsp3) is 0.419. The summed E-state index contributed by atoms with van der Waals surface area (Å²) in [5.74, 6) is -3.21. The maximum absolute atomic E-state index is 12.6. The van der Waals surface area contributed by atoms with Crippen LogP contribution in [0.15, 0.2) is 30.3 Å². The van der Waals surface area contributed by atoms with Crippen LogP contribution in [0.25, 0.3) is 21.9 Å². The fourth-order valence-corrected chi connectivity index (χ4v) is 5.45. The zero-order valence-corrected chi connectivity index (χ0v) is 22.8. The molecule has 0 aliphatic rings. The number of hydrogen-bond donors (Lipinski definition) is 6. The number of aromatic hydroxyl groups is 1. The lowest BCUT2D eigenvalue weighted by atomic mass is 9.86. The van der Waals surface area contributed by atoms with E-state index in [9.17, 15) is 24.9 Å². The first-order chi connectivity index (χ1) is 18.7. The minimum Gasteiger partial charge on any atom is -0.506 e. The lowest BCUT2D eigenvalue weighted by molar-refractivity contribution is 0.0684. The van der Waals surface area contributed by atoms with Crippen molar-refractivity contribution in [3.63, 3.8) is 0 Å². The molecule has 210 valence electrons. The summed E-state index contributed by atoms with van der Waals surface area (Å²) in [7, 11) is 0. The Labute approximate surface area is 229 Å². The first-order valence-corrected chi connectivity index (χ1v) is 13.9. The zero-order chi connectivity index (χ0) is 28.5. The summed E-state index contributed by atoms with van der Waals surface area (Å²) in [6, 6.07) is 8.33. The number of phenols is 1. The molecular formula is C31H41N3O5. The van der Waals surface area contributed by atoms with Crippen LogP contribution in [0.1, 0.15) is 103 Å². The molecule has 0 aliphatic heterocycles. The molecule has 0 heterocycles. The van der Waals surface area contributed by atoms with Crippen molar-refractivity contribution in [1.29, 1.82) is 0 Å². The molecule has 0 fully saturated rings. The number of hydrogen-bond acceptors (Lipinski definition) is 6. The quantitative estimate of drug-likeness (QED) is 0.0921. The average Bonchev–Trinajstić information content (AvgIpc) is 2.90. The molecular weight excluding hydrogens is 494 g/mol. The summed E-state index contributed by atoms with van der Waals surface area (Å²) in [6.07, 6.45) is 11.9. The van der Waals surface area contributed by atoms with Gasteiger partial charge in [-0.1, -0.05) is 89.0 Å². The van der Waals surface area contributed by atoms with Crippen LogP contribution in [0, 0.1) is 0 Å². The number of nitrogens with two attached hydrogens (primary N) is 3. The molecule has 0 unspecified atom stereocenters. The van der Waals surface area contributed by atoms with E-state index in [1.165, 1.54) is 44.6 Å². The first kappa shape index (κ1) is 29.8. The van der Waals surface area contributed by atoms with Crippen LogP contribution in [-0.2, 0) is 13.0 Å². The molecule has 0 bridgehead atoms. The maximum Gasteiger partial charge on any atom is 0.340 e. The molecule has 0 aliphatic carbocycles. The molecule has 0 radical (unpaired) electrons. The van der Waals surface area contributed by atoms with Crippen LogP contribution in [-0.4, -0.2) is 27.3 Å². The van der Waals surface area contributed by atoms with E-state index in [0.717, 1.165) is 25.7 Å². The van der Waals surface area contributed by atoms with Gasteiger partial charge >= 0.3 is 11.9 Å². The predicted molar refractivity (Wildman–Crippen MR) is 157 cm³/mol. The molecule has 8 heteroatoms. The predicted octanol–water partition coefficient (Wildman–Crippen LogP) is 6.70. The van der Waals surface area contributed by atoms with Gasteiger partial charge in [0, 0.05) is 28.6 Å². The highest BCUT2D eigenvalue weighted by Gasteiger charge is 2.29. The van der Waals surface area contributed by atoms with Gasteiger partial charge in [0.1, 0.15) is 11.3 Å². The monoisotopic (exact) mass is 535 g/mol.